The number of aliphatic hydroxyl groups excluding tert-OH is 5. The Morgan fingerprint density at radius 2 is 1.58 bits per heavy atom. The molecule has 1 saturated carbocycles. The summed E-state index contributed by atoms with van der Waals surface area (Å²) in [6.45, 7) is 1.59. The van der Waals surface area contributed by atoms with Crippen LogP contribution in [-0.2, 0) is 14.3 Å². The third-order valence-electron chi connectivity index (χ3n) is 4.64. The number of carbonyl (C=O) groups is 1. The lowest BCUT2D eigenvalue weighted by molar-refractivity contribution is -0.293. The molecular formula is C14H25N3O9. The maximum absolute atomic E-state index is 10.8. The summed E-state index contributed by atoms with van der Waals surface area (Å²) in [4.78, 5) is 14.6. The summed E-state index contributed by atoms with van der Waals surface area (Å²) in [5, 5.41) is 57.8. The average Bonchev–Trinajstić information content (AvgIpc) is 2.58. The fourth-order valence-corrected chi connectivity index (χ4v) is 3.02. The number of amidine groups is 1. The molecule has 12 nitrogen and oxygen atoms in total. The summed E-state index contributed by atoms with van der Waals surface area (Å²) < 4.78 is 11.0. The standard InChI is InChI=1S/C14H25N3O9/c1-3-5(17-12(16)13(23)24)2-4(15)14(25-3)26-11-9(21)7(19)6(18)8(20)10(11)22/h3-11,14,18-22H,2,15H2,1H3,(H2,16,17)(H,23,24)/t3-,4-,5-,6?,7+,8+,9-,10+,11?,14-/m0/s1. The fourth-order valence-electron chi connectivity index (χ4n) is 3.02. The SMILES string of the molecule is C[C@@H]1O[C@@H](OC2[C@@H](O)[C@H](O)C(O)[C@@H](O)[C@H]2O)[C@@H](N)C[C@@H]1N=C(N)C(=O)O. The molecular weight excluding hydrogens is 354 g/mol. The minimum absolute atomic E-state index is 0.145. The Labute approximate surface area is 148 Å². The summed E-state index contributed by atoms with van der Waals surface area (Å²) in [6.07, 6.45) is -11.7. The predicted octanol–water partition coefficient (Wildman–Crippen LogP) is -4.54. The van der Waals surface area contributed by atoms with Crippen LogP contribution in [0.4, 0.5) is 0 Å². The summed E-state index contributed by atoms with van der Waals surface area (Å²) in [6, 6.07) is -1.46. The normalized spacial score (nSPS) is 47.6. The molecule has 2 aliphatic rings. The molecule has 0 aromatic rings. The minimum Gasteiger partial charge on any atom is -0.475 e. The van der Waals surface area contributed by atoms with Gasteiger partial charge >= 0.3 is 5.97 Å². The van der Waals surface area contributed by atoms with Crippen LogP contribution in [0.1, 0.15) is 13.3 Å². The molecule has 2 unspecified atom stereocenters. The highest BCUT2D eigenvalue weighted by atomic mass is 16.7. The molecule has 12 heteroatoms. The zero-order valence-electron chi connectivity index (χ0n) is 14.0. The molecule has 0 spiro atoms. The molecule has 1 aliphatic heterocycles. The highest BCUT2D eigenvalue weighted by Gasteiger charge is 2.50. The van der Waals surface area contributed by atoms with Crippen molar-refractivity contribution in [1.29, 1.82) is 0 Å². The van der Waals surface area contributed by atoms with Crippen LogP contribution in [0.2, 0.25) is 0 Å². The number of aliphatic carboxylic acids is 1. The van der Waals surface area contributed by atoms with Gasteiger partial charge in [-0.15, -0.1) is 0 Å². The number of aliphatic imine (C=N–C) groups is 1. The van der Waals surface area contributed by atoms with Crippen molar-refractivity contribution in [3.63, 3.8) is 0 Å². The third kappa shape index (κ3) is 4.13. The number of aliphatic hydroxyl groups is 5. The van der Waals surface area contributed by atoms with Gasteiger partial charge < -0.3 is 51.6 Å². The van der Waals surface area contributed by atoms with Crippen LogP contribution in [0.3, 0.4) is 0 Å². The summed E-state index contributed by atoms with van der Waals surface area (Å²) in [7, 11) is 0. The van der Waals surface area contributed by atoms with Crippen LogP contribution in [0, 0.1) is 0 Å². The Morgan fingerprint density at radius 3 is 2.08 bits per heavy atom. The molecule has 1 aliphatic carbocycles. The first kappa shape index (κ1) is 20.9. The Balaban J connectivity index is 2.07. The van der Waals surface area contributed by atoms with Gasteiger partial charge in [-0.3, -0.25) is 4.99 Å². The van der Waals surface area contributed by atoms with E-state index in [9.17, 15) is 30.3 Å². The number of ether oxygens (including phenoxy) is 2. The Morgan fingerprint density at radius 1 is 1.08 bits per heavy atom. The molecule has 0 bridgehead atoms. The topological polar surface area (TPSA) is 221 Å². The predicted molar refractivity (Wildman–Crippen MR) is 84.9 cm³/mol. The van der Waals surface area contributed by atoms with E-state index in [1.165, 1.54) is 0 Å². The van der Waals surface area contributed by atoms with Gasteiger partial charge in [-0.05, 0) is 13.3 Å². The van der Waals surface area contributed by atoms with Gasteiger partial charge in [0.05, 0.1) is 18.2 Å². The van der Waals surface area contributed by atoms with Gasteiger partial charge in [0.1, 0.15) is 36.6 Å². The molecule has 0 amide bonds. The number of carboxylic acid groups (broad SMARTS) is 1. The van der Waals surface area contributed by atoms with Gasteiger partial charge in [0, 0.05) is 0 Å². The molecule has 0 radical (unpaired) electrons. The van der Waals surface area contributed by atoms with E-state index in [4.69, 9.17) is 26.0 Å². The number of nitrogens with two attached hydrogens (primary N) is 2. The second-order valence-corrected chi connectivity index (χ2v) is 6.55. The molecule has 10 atom stereocenters. The molecule has 26 heavy (non-hydrogen) atoms. The van der Waals surface area contributed by atoms with Crippen molar-refractivity contribution in [1.82, 2.24) is 0 Å². The van der Waals surface area contributed by atoms with Crippen molar-refractivity contribution in [3.8, 4) is 0 Å². The maximum atomic E-state index is 10.8. The first-order chi connectivity index (χ1) is 12.0. The van der Waals surface area contributed by atoms with E-state index in [1.54, 1.807) is 6.92 Å². The number of rotatable bonds is 3. The molecule has 1 saturated heterocycles. The van der Waals surface area contributed by atoms with Crippen LogP contribution >= 0.6 is 0 Å². The van der Waals surface area contributed by atoms with E-state index in [0.717, 1.165) is 0 Å². The van der Waals surface area contributed by atoms with Crippen molar-refractivity contribution < 1.29 is 44.9 Å². The second-order valence-electron chi connectivity index (χ2n) is 6.55. The van der Waals surface area contributed by atoms with Gasteiger partial charge in [0.25, 0.3) is 0 Å². The van der Waals surface area contributed by atoms with E-state index < -0.39 is 72.9 Å². The summed E-state index contributed by atoms with van der Waals surface area (Å²) in [5.74, 6) is -1.96. The van der Waals surface area contributed by atoms with Gasteiger partial charge in [-0.1, -0.05) is 0 Å². The van der Waals surface area contributed by atoms with Crippen molar-refractivity contribution >= 4 is 11.8 Å². The molecule has 0 aromatic heterocycles. The largest absolute Gasteiger partial charge is 0.475 e. The second kappa shape index (κ2) is 8.10. The fraction of sp³-hybridized carbons (Fsp3) is 0.857. The Hall–Kier alpha value is -1.38. The van der Waals surface area contributed by atoms with Crippen molar-refractivity contribution in [2.45, 2.75) is 74.4 Å². The molecule has 1 heterocycles. The average molecular weight is 379 g/mol. The highest BCUT2D eigenvalue weighted by Crippen LogP contribution is 2.29. The number of carboxylic acids is 1. The van der Waals surface area contributed by atoms with Crippen LogP contribution in [-0.4, -0.2) is 104 Å². The minimum atomic E-state index is -1.74. The van der Waals surface area contributed by atoms with Crippen LogP contribution in [0.15, 0.2) is 4.99 Å². The van der Waals surface area contributed by atoms with E-state index in [0.29, 0.717) is 0 Å². The summed E-state index contributed by atoms with van der Waals surface area (Å²) in [5.41, 5.74) is 11.2. The first-order valence-electron chi connectivity index (χ1n) is 8.08. The van der Waals surface area contributed by atoms with Crippen LogP contribution in [0.5, 0.6) is 0 Å². The molecule has 10 N–H and O–H groups in total. The monoisotopic (exact) mass is 379 g/mol. The van der Waals surface area contributed by atoms with Crippen LogP contribution in [0.25, 0.3) is 0 Å². The quantitative estimate of drug-likeness (QED) is 0.172. The van der Waals surface area contributed by atoms with Gasteiger partial charge in [-0.2, -0.15) is 0 Å². The molecule has 150 valence electrons. The Bertz CT molecular complexity index is 532. The van der Waals surface area contributed by atoms with Gasteiger partial charge in [-0.25, -0.2) is 4.79 Å². The van der Waals surface area contributed by atoms with E-state index in [2.05, 4.69) is 4.99 Å². The van der Waals surface area contributed by atoms with Crippen LogP contribution < -0.4 is 11.5 Å². The summed E-state index contributed by atoms with van der Waals surface area (Å²) >= 11 is 0. The lowest BCUT2D eigenvalue weighted by Gasteiger charge is -2.45. The molecule has 2 rings (SSSR count). The number of nitrogens with zero attached hydrogens (tertiary/aromatic N) is 1. The number of hydrogen-bond donors (Lipinski definition) is 8. The van der Waals surface area contributed by atoms with E-state index in [-0.39, 0.29) is 6.42 Å². The van der Waals surface area contributed by atoms with E-state index >= 15 is 0 Å². The van der Waals surface area contributed by atoms with Crippen molar-refractivity contribution in [2.75, 3.05) is 0 Å². The lowest BCUT2D eigenvalue weighted by Crippen LogP contribution is -2.66. The molecule has 0 aromatic carbocycles. The smallest absolute Gasteiger partial charge is 0.370 e. The van der Waals surface area contributed by atoms with Crippen molar-refractivity contribution in [2.24, 2.45) is 16.5 Å². The van der Waals surface area contributed by atoms with Gasteiger partial charge in [0.2, 0.25) is 5.84 Å². The van der Waals surface area contributed by atoms with Crippen molar-refractivity contribution in [3.05, 3.63) is 0 Å². The Kier molecular flexibility index (Phi) is 6.52. The van der Waals surface area contributed by atoms with E-state index in [1.807, 2.05) is 0 Å². The third-order valence-corrected chi connectivity index (χ3v) is 4.64. The van der Waals surface area contributed by atoms with Gasteiger partial charge in [0.15, 0.2) is 6.29 Å². The molecule has 2 fully saturated rings. The zero-order valence-corrected chi connectivity index (χ0v) is 14.0. The zero-order chi connectivity index (χ0) is 19.8. The highest BCUT2D eigenvalue weighted by molar-refractivity contribution is 6.33. The maximum Gasteiger partial charge on any atom is 0.370 e. The lowest BCUT2D eigenvalue weighted by atomic mass is 9.84. The number of hydrogen-bond acceptors (Lipinski definition) is 10. The first-order valence-corrected chi connectivity index (χ1v) is 8.08.